The minimum absolute atomic E-state index is 0.104. The molecule has 2 aliphatic rings. The predicted molar refractivity (Wildman–Crippen MR) is 122 cm³/mol. The lowest BCUT2D eigenvalue weighted by Crippen LogP contribution is -2.54. The van der Waals surface area contributed by atoms with Gasteiger partial charge >= 0.3 is 12.1 Å². The first kappa shape index (κ1) is 25.3. The van der Waals surface area contributed by atoms with Crippen molar-refractivity contribution in [1.82, 2.24) is 26.1 Å². The first-order chi connectivity index (χ1) is 16.1. The lowest BCUT2D eigenvalue weighted by Gasteiger charge is -2.29. The lowest BCUT2D eigenvalue weighted by atomic mass is 10.0. The smallest absolute Gasteiger partial charge is 0.407 e. The molecule has 2 atom stereocenters. The fourth-order valence-corrected chi connectivity index (χ4v) is 3.82. The quantitative estimate of drug-likeness (QED) is 0.389. The second kappa shape index (κ2) is 11.2. The van der Waals surface area contributed by atoms with Gasteiger partial charge in [-0.2, -0.15) is 5.06 Å². The Morgan fingerprint density at radius 3 is 2.53 bits per heavy atom. The van der Waals surface area contributed by atoms with Crippen LogP contribution in [0.5, 0.6) is 0 Å². The van der Waals surface area contributed by atoms with Crippen LogP contribution in [0.3, 0.4) is 0 Å². The number of nitrogens with zero attached hydrogens (tertiary/aromatic N) is 2. The summed E-state index contributed by atoms with van der Waals surface area (Å²) >= 11 is 0. The molecule has 0 saturated carbocycles. The van der Waals surface area contributed by atoms with E-state index in [9.17, 15) is 19.2 Å². The maximum atomic E-state index is 12.8. The summed E-state index contributed by atoms with van der Waals surface area (Å²) in [5, 5.41) is 3.93. The number of carbonyl (C=O) groups is 4. The molecule has 0 radical (unpaired) electrons. The zero-order valence-electron chi connectivity index (χ0n) is 19.8. The van der Waals surface area contributed by atoms with Crippen molar-refractivity contribution in [3.8, 4) is 0 Å². The number of hydrogen-bond acceptors (Lipinski definition) is 6. The Bertz CT molecular complexity index is 888. The number of hydrogen-bond donors (Lipinski definition) is 3. The number of nitrogens with one attached hydrogen (secondary N) is 3. The van der Waals surface area contributed by atoms with Crippen molar-refractivity contribution in [2.75, 3.05) is 13.1 Å². The molecule has 2 heterocycles. The van der Waals surface area contributed by atoms with Gasteiger partial charge in [-0.3, -0.25) is 25.3 Å². The van der Waals surface area contributed by atoms with Crippen LogP contribution in [0.2, 0.25) is 0 Å². The van der Waals surface area contributed by atoms with E-state index >= 15 is 0 Å². The van der Waals surface area contributed by atoms with Crippen molar-refractivity contribution < 1.29 is 28.8 Å². The van der Waals surface area contributed by atoms with Crippen LogP contribution in [0.25, 0.3) is 0 Å². The van der Waals surface area contributed by atoms with Crippen LogP contribution in [0.1, 0.15) is 52.0 Å². The summed E-state index contributed by atoms with van der Waals surface area (Å²) in [6.45, 7) is 6.23. The van der Waals surface area contributed by atoms with Gasteiger partial charge in [0.05, 0.1) is 6.04 Å². The molecule has 0 aliphatic carbocycles. The molecule has 1 aromatic rings. The summed E-state index contributed by atoms with van der Waals surface area (Å²) in [6.07, 6.45) is 1.04. The third kappa shape index (κ3) is 7.08. The molecule has 1 unspecified atom stereocenters. The predicted octanol–water partition coefficient (Wildman–Crippen LogP) is 1.84. The van der Waals surface area contributed by atoms with E-state index in [0.29, 0.717) is 25.8 Å². The molecule has 3 rings (SSSR count). The molecule has 11 heteroatoms. The molecule has 2 bridgehead atoms. The standard InChI is InChI=1S/C23H33N5O6/c1-23(2,3)34-21(31)24-13-7-10-19(29)25-26-20(30)18-12-11-17-14-27(18)22(32)28(17)33-15-16-8-5-4-6-9-16/h4-6,8-9,17-18H,7,10-15H2,1-3H3,(H,24,31)(H,25,29)(H,26,30)/t17?,18-/m0/s1. The van der Waals surface area contributed by atoms with Crippen LogP contribution in [0.4, 0.5) is 9.59 Å². The van der Waals surface area contributed by atoms with Crippen molar-refractivity contribution in [2.45, 2.75) is 70.7 Å². The average Bonchev–Trinajstić information content (AvgIpc) is 3.02. The number of urea groups is 1. The van der Waals surface area contributed by atoms with Crippen LogP contribution >= 0.6 is 0 Å². The monoisotopic (exact) mass is 475 g/mol. The molecule has 186 valence electrons. The van der Waals surface area contributed by atoms with Gasteiger partial charge in [0.15, 0.2) is 0 Å². The van der Waals surface area contributed by atoms with Crippen LogP contribution in [-0.4, -0.2) is 64.7 Å². The summed E-state index contributed by atoms with van der Waals surface area (Å²) < 4.78 is 5.12. The molecule has 2 saturated heterocycles. The van der Waals surface area contributed by atoms with E-state index in [1.54, 1.807) is 20.8 Å². The van der Waals surface area contributed by atoms with Gasteiger partial charge in [-0.25, -0.2) is 9.59 Å². The lowest BCUT2D eigenvalue weighted by molar-refractivity contribution is -0.140. The molecule has 34 heavy (non-hydrogen) atoms. The topological polar surface area (TPSA) is 129 Å². The Morgan fingerprint density at radius 2 is 1.82 bits per heavy atom. The van der Waals surface area contributed by atoms with E-state index in [-0.39, 0.29) is 31.6 Å². The van der Waals surface area contributed by atoms with Crippen LogP contribution in [0.15, 0.2) is 30.3 Å². The fourth-order valence-electron chi connectivity index (χ4n) is 3.82. The number of amides is 5. The first-order valence-electron chi connectivity index (χ1n) is 11.5. The summed E-state index contributed by atoms with van der Waals surface area (Å²) in [7, 11) is 0. The van der Waals surface area contributed by atoms with Gasteiger partial charge < -0.3 is 15.0 Å². The normalized spacial score (nSPS) is 19.6. The number of alkyl carbamates (subject to hydrolysis) is 1. The van der Waals surface area contributed by atoms with E-state index in [4.69, 9.17) is 9.57 Å². The zero-order chi connectivity index (χ0) is 24.7. The minimum Gasteiger partial charge on any atom is -0.444 e. The molecular formula is C23H33N5O6. The second-order valence-corrected chi connectivity index (χ2v) is 9.34. The maximum absolute atomic E-state index is 12.8. The zero-order valence-corrected chi connectivity index (χ0v) is 19.8. The van der Waals surface area contributed by atoms with E-state index in [0.717, 1.165) is 5.56 Å². The van der Waals surface area contributed by atoms with Crippen molar-refractivity contribution in [2.24, 2.45) is 0 Å². The van der Waals surface area contributed by atoms with Gasteiger partial charge in [0.2, 0.25) is 5.91 Å². The molecule has 11 nitrogen and oxygen atoms in total. The molecule has 3 N–H and O–H groups in total. The molecule has 2 aliphatic heterocycles. The van der Waals surface area contributed by atoms with E-state index in [1.807, 2.05) is 30.3 Å². The Balaban J connectivity index is 1.37. The van der Waals surface area contributed by atoms with Gasteiger partial charge in [0.25, 0.3) is 5.91 Å². The van der Waals surface area contributed by atoms with Crippen LogP contribution < -0.4 is 16.2 Å². The van der Waals surface area contributed by atoms with Gasteiger partial charge in [-0.15, -0.1) is 0 Å². The van der Waals surface area contributed by atoms with Gasteiger partial charge in [-0.1, -0.05) is 30.3 Å². The summed E-state index contributed by atoms with van der Waals surface area (Å²) in [6, 6.07) is 8.41. The van der Waals surface area contributed by atoms with E-state index < -0.39 is 29.6 Å². The highest BCUT2D eigenvalue weighted by Crippen LogP contribution is 2.30. The molecule has 0 spiro atoms. The Morgan fingerprint density at radius 1 is 1.09 bits per heavy atom. The minimum atomic E-state index is -0.678. The highest BCUT2D eigenvalue weighted by molar-refractivity contribution is 5.90. The summed E-state index contributed by atoms with van der Waals surface area (Å²) in [4.78, 5) is 56.2. The average molecular weight is 476 g/mol. The van der Waals surface area contributed by atoms with Gasteiger partial charge in [0, 0.05) is 19.5 Å². The van der Waals surface area contributed by atoms with Crippen LogP contribution in [-0.2, 0) is 25.8 Å². The molecule has 5 amide bonds. The Kier molecular flexibility index (Phi) is 8.32. The van der Waals surface area contributed by atoms with Crippen molar-refractivity contribution in [3.05, 3.63) is 35.9 Å². The number of hydroxylamine groups is 2. The maximum Gasteiger partial charge on any atom is 0.407 e. The first-order valence-corrected chi connectivity index (χ1v) is 11.5. The summed E-state index contributed by atoms with van der Waals surface area (Å²) in [5.74, 6) is -0.842. The molecule has 0 aromatic heterocycles. The molecular weight excluding hydrogens is 442 g/mol. The van der Waals surface area contributed by atoms with Crippen molar-refractivity contribution in [1.29, 1.82) is 0 Å². The highest BCUT2D eigenvalue weighted by atomic mass is 16.7. The third-order valence-electron chi connectivity index (χ3n) is 5.41. The van der Waals surface area contributed by atoms with Crippen molar-refractivity contribution >= 4 is 23.9 Å². The van der Waals surface area contributed by atoms with Crippen LogP contribution in [0, 0.1) is 0 Å². The number of ether oxygens (including phenoxy) is 1. The SMILES string of the molecule is CC(C)(C)OC(=O)NCCCC(=O)NNC(=O)[C@@H]1CCC2CN1C(=O)N2OCc1ccccc1. The summed E-state index contributed by atoms with van der Waals surface area (Å²) in [5.41, 5.74) is 5.14. The number of carbonyl (C=O) groups excluding carboxylic acids is 4. The number of fused-ring (bicyclic) bond motifs is 2. The number of benzene rings is 1. The Hall–Kier alpha value is -3.34. The fraction of sp³-hybridized carbons (Fsp3) is 0.565. The number of rotatable bonds is 8. The number of piperidine rings is 1. The molecule has 1 aromatic carbocycles. The molecule has 2 fully saturated rings. The van der Waals surface area contributed by atoms with E-state index in [1.165, 1.54) is 9.96 Å². The van der Waals surface area contributed by atoms with Crippen molar-refractivity contribution in [3.63, 3.8) is 0 Å². The second-order valence-electron chi connectivity index (χ2n) is 9.34. The number of hydrazine groups is 1. The third-order valence-corrected chi connectivity index (χ3v) is 5.41. The largest absolute Gasteiger partial charge is 0.444 e. The Labute approximate surface area is 199 Å². The highest BCUT2D eigenvalue weighted by Gasteiger charge is 2.48. The van der Waals surface area contributed by atoms with Gasteiger partial charge in [0.1, 0.15) is 18.2 Å². The van der Waals surface area contributed by atoms with Gasteiger partial charge in [-0.05, 0) is 45.6 Å². The van der Waals surface area contributed by atoms with E-state index in [2.05, 4.69) is 16.2 Å².